The summed E-state index contributed by atoms with van der Waals surface area (Å²) in [4.78, 5) is 38.0. The molecule has 1 aliphatic heterocycles. The monoisotopic (exact) mass is 455 g/mol. The van der Waals surface area contributed by atoms with Crippen LogP contribution < -0.4 is 15.6 Å². The molecule has 3 aromatic carbocycles. The number of ether oxygens (including phenoxy) is 2. The molecule has 0 atom stereocenters. The fourth-order valence-corrected chi connectivity index (χ4v) is 4.00. The summed E-state index contributed by atoms with van der Waals surface area (Å²) in [6, 6.07) is 23.0. The summed E-state index contributed by atoms with van der Waals surface area (Å²) in [7, 11) is 1.31. The van der Waals surface area contributed by atoms with Gasteiger partial charge in [0.05, 0.1) is 23.9 Å². The quantitative estimate of drug-likeness (QED) is 0.408. The van der Waals surface area contributed by atoms with E-state index in [9.17, 15) is 14.4 Å². The number of fused-ring (bicyclic) bond motifs is 2. The molecule has 0 bridgehead atoms. The highest BCUT2D eigenvalue weighted by atomic mass is 16.5. The maximum absolute atomic E-state index is 13.4. The third-order valence-corrected chi connectivity index (χ3v) is 5.61. The largest absolute Gasteiger partial charge is 0.465 e. The van der Waals surface area contributed by atoms with E-state index in [1.807, 2.05) is 42.5 Å². The molecule has 2 heterocycles. The molecule has 170 valence electrons. The zero-order chi connectivity index (χ0) is 23.7. The highest BCUT2D eigenvalue weighted by molar-refractivity contribution is 5.93. The molecule has 8 heteroatoms. The van der Waals surface area contributed by atoms with E-state index >= 15 is 0 Å². The van der Waals surface area contributed by atoms with Crippen molar-refractivity contribution in [2.75, 3.05) is 12.4 Å². The van der Waals surface area contributed by atoms with Gasteiger partial charge in [-0.1, -0.05) is 36.4 Å². The minimum Gasteiger partial charge on any atom is -0.465 e. The SMILES string of the molecule is COC(=O)c1ccc(NC(=O)Cn2c3c(c(=O)n2-c2ccccc2)Cc2ccccc2O3)cc1. The van der Waals surface area contributed by atoms with Crippen LogP contribution in [0.4, 0.5) is 5.69 Å². The first-order valence-corrected chi connectivity index (χ1v) is 10.7. The van der Waals surface area contributed by atoms with Crippen LogP contribution in [-0.4, -0.2) is 28.3 Å². The lowest BCUT2D eigenvalue weighted by atomic mass is 10.0. The molecule has 1 aliphatic rings. The van der Waals surface area contributed by atoms with Gasteiger partial charge in [0.25, 0.3) is 5.56 Å². The summed E-state index contributed by atoms with van der Waals surface area (Å²) in [5.74, 6) is 0.202. The van der Waals surface area contributed by atoms with Crippen LogP contribution in [-0.2, 0) is 22.5 Å². The number of para-hydroxylation sites is 2. The van der Waals surface area contributed by atoms with E-state index in [2.05, 4.69) is 5.32 Å². The minimum absolute atomic E-state index is 0.152. The first kappa shape index (κ1) is 21.3. The molecule has 0 fully saturated rings. The molecule has 1 aromatic heterocycles. The average Bonchev–Trinajstić information content (AvgIpc) is 3.13. The normalized spacial score (nSPS) is 11.7. The van der Waals surface area contributed by atoms with Crippen LogP contribution in [0.25, 0.3) is 5.69 Å². The maximum atomic E-state index is 13.4. The number of esters is 1. The van der Waals surface area contributed by atoms with E-state index in [4.69, 9.17) is 9.47 Å². The zero-order valence-corrected chi connectivity index (χ0v) is 18.4. The second-order valence-electron chi connectivity index (χ2n) is 7.80. The van der Waals surface area contributed by atoms with Crippen LogP contribution in [0.1, 0.15) is 21.5 Å². The van der Waals surface area contributed by atoms with Gasteiger partial charge in [-0.3, -0.25) is 9.59 Å². The van der Waals surface area contributed by atoms with E-state index < -0.39 is 5.97 Å². The predicted octanol–water partition coefficient (Wildman–Crippen LogP) is 3.76. The summed E-state index contributed by atoms with van der Waals surface area (Å²) in [6.07, 6.45) is 0.417. The molecule has 4 aromatic rings. The number of anilines is 1. The molecule has 34 heavy (non-hydrogen) atoms. The van der Waals surface area contributed by atoms with E-state index in [1.165, 1.54) is 11.8 Å². The van der Waals surface area contributed by atoms with E-state index in [0.717, 1.165) is 5.56 Å². The molecule has 1 N–H and O–H groups in total. The number of aromatic nitrogens is 2. The maximum Gasteiger partial charge on any atom is 0.337 e. The number of carbonyl (C=O) groups excluding carboxylic acids is 2. The van der Waals surface area contributed by atoms with Gasteiger partial charge in [-0.05, 0) is 48.0 Å². The number of nitrogens with one attached hydrogen (secondary N) is 1. The smallest absolute Gasteiger partial charge is 0.337 e. The van der Waals surface area contributed by atoms with Gasteiger partial charge in [0.1, 0.15) is 12.3 Å². The van der Waals surface area contributed by atoms with Crippen LogP contribution in [0.2, 0.25) is 0 Å². The Balaban J connectivity index is 1.49. The average molecular weight is 455 g/mol. The van der Waals surface area contributed by atoms with Gasteiger partial charge in [-0.2, -0.15) is 0 Å². The molecule has 0 saturated carbocycles. The van der Waals surface area contributed by atoms with Crippen molar-refractivity contribution in [3.05, 3.63) is 106 Å². The Morgan fingerprint density at radius 1 is 0.971 bits per heavy atom. The van der Waals surface area contributed by atoms with Crippen LogP contribution in [0, 0.1) is 0 Å². The van der Waals surface area contributed by atoms with Gasteiger partial charge in [-0.25, -0.2) is 14.2 Å². The third kappa shape index (κ3) is 3.86. The van der Waals surface area contributed by atoms with Crippen molar-refractivity contribution in [2.24, 2.45) is 0 Å². The molecule has 0 spiro atoms. The van der Waals surface area contributed by atoms with Gasteiger partial charge in [0, 0.05) is 12.1 Å². The Morgan fingerprint density at radius 2 is 1.68 bits per heavy atom. The number of methoxy groups -OCH3 is 1. The highest BCUT2D eigenvalue weighted by Gasteiger charge is 2.29. The van der Waals surface area contributed by atoms with Gasteiger partial charge in [0.2, 0.25) is 11.8 Å². The van der Waals surface area contributed by atoms with Gasteiger partial charge in [0.15, 0.2) is 0 Å². The fourth-order valence-electron chi connectivity index (χ4n) is 4.00. The summed E-state index contributed by atoms with van der Waals surface area (Å²) in [6.45, 7) is -0.152. The first-order chi connectivity index (χ1) is 16.5. The summed E-state index contributed by atoms with van der Waals surface area (Å²) in [5.41, 5.74) is 2.71. The van der Waals surface area contributed by atoms with E-state index in [0.29, 0.717) is 40.6 Å². The topological polar surface area (TPSA) is 91.6 Å². The summed E-state index contributed by atoms with van der Waals surface area (Å²) in [5, 5.41) is 2.81. The molecular formula is C26H21N3O5. The zero-order valence-electron chi connectivity index (χ0n) is 18.4. The Hall–Kier alpha value is -4.59. The number of carbonyl (C=O) groups is 2. The predicted molar refractivity (Wildman–Crippen MR) is 126 cm³/mol. The Kier molecular flexibility index (Phi) is 5.47. The number of hydrogen-bond donors (Lipinski definition) is 1. The second-order valence-corrected chi connectivity index (χ2v) is 7.80. The number of benzene rings is 3. The van der Waals surface area contributed by atoms with Crippen molar-refractivity contribution >= 4 is 17.6 Å². The molecule has 8 nitrogen and oxygen atoms in total. The van der Waals surface area contributed by atoms with Crippen molar-refractivity contribution in [1.82, 2.24) is 9.36 Å². The Labute approximate surface area is 195 Å². The Morgan fingerprint density at radius 3 is 2.41 bits per heavy atom. The number of hydrogen-bond acceptors (Lipinski definition) is 5. The number of nitrogens with zero attached hydrogens (tertiary/aromatic N) is 2. The van der Waals surface area contributed by atoms with E-state index in [-0.39, 0.29) is 18.0 Å². The minimum atomic E-state index is -0.457. The summed E-state index contributed by atoms with van der Waals surface area (Å²) >= 11 is 0. The van der Waals surface area contributed by atoms with Gasteiger partial charge in [-0.15, -0.1) is 0 Å². The number of amides is 1. The van der Waals surface area contributed by atoms with Crippen LogP contribution in [0.5, 0.6) is 11.6 Å². The highest BCUT2D eigenvalue weighted by Crippen LogP contribution is 2.35. The van der Waals surface area contributed by atoms with Crippen molar-refractivity contribution in [3.8, 4) is 17.3 Å². The van der Waals surface area contributed by atoms with Crippen molar-refractivity contribution in [1.29, 1.82) is 0 Å². The molecular weight excluding hydrogens is 434 g/mol. The van der Waals surface area contributed by atoms with Gasteiger partial charge < -0.3 is 14.8 Å². The molecule has 0 unspecified atom stereocenters. The standard InChI is InChI=1S/C26H21N3O5/c1-33-26(32)17-11-13-19(14-12-17)27-23(30)16-28-25-21(15-18-7-5-6-10-22(18)34-25)24(31)29(28)20-8-3-2-4-9-20/h2-14H,15-16H2,1H3,(H,27,30). The molecule has 0 radical (unpaired) electrons. The van der Waals surface area contributed by atoms with Crippen molar-refractivity contribution in [3.63, 3.8) is 0 Å². The van der Waals surface area contributed by atoms with Gasteiger partial charge >= 0.3 is 5.97 Å². The summed E-state index contributed by atoms with van der Waals surface area (Å²) < 4.78 is 13.8. The van der Waals surface area contributed by atoms with Crippen LogP contribution in [0.3, 0.4) is 0 Å². The van der Waals surface area contributed by atoms with Crippen molar-refractivity contribution in [2.45, 2.75) is 13.0 Å². The van der Waals surface area contributed by atoms with E-state index in [1.54, 1.807) is 41.1 Å². The third-order valence-electron chi connectivity index (χ3n) is 5.61. The lowest BCUT2D eigenvalue weighted by Gasteiger charge is -2.19. The lowest BCUT2D eigenvalue weighted by molar-refractivity contribution is -0.117. The molecule has 0 aliphatic carbocycles. The molecule has 5 rings (SSSR count). The second kappa shape index (κ2) is 8.74. The Bertz CT molecular complexity index is 1440. The first-order valence-electron chi connectivity index (χ1n) is 10.7. The lowest BCUT2D eigenvalue weighted by Crippen LogP contribution is -2.27. The van der Waals surface area contributed by atoms with Crippen LogP contribution in [0.15, 0.2) is 83.7 Å². The number of rotatable bonds is 5. The van der Waals surface area contributed by atoms with Crippen molar-refractivity contribution < 1.29 is 19.1 Å². The molecule has 1 amide bonds. The molecule has 0 saturated heterocycles. The fraction of sp³-hybridized carbons (Fsp3) is 0.115. The van der Waals surface area contributed by atoms with Crippen LogP contribution >= 0.6 is 0 Å².